The Morgan fingerprint density at radius 2 is 1.66 bits per heavy atom. The van der Waals surface area contributed by atoms with Crippen molar-refractivity contribution in [3.8, 4) is 11.5 Å². The van der Waals surface area contributed by atoms with E-state index in [4.69, 9.17) is 9.40 Å². The molecule has 2 heterocycles. The minimum atomic E-state index is -0.0609. The van der Waals surface area contributed by atoms with Crippen molar-refractivity contribution in [2.45, 2.75) is 24.4 Å². The van der Waals surface area contributed by atoms with Gasteiger partial charge in [0.15, 0.2) is 5.16 Å². The van der Waals surface area contributed by atoms with E-state index in [1.165, 1.54) is 17.3 Å². The van der Waals surface area contributed by atoms with Crippen LogP contribution < -0.4 is 5.56 Å². The summed E-state index contributed by atoms with van der Waals surface area (Å²) in [5, 5.41) is 9.53. The zero-order chi connectivity index (χ0) is 21.9. The van der Waals surface area contributed by atoms with Crippen molar-refractivity contribution in [3.63, 3.8) is 0 Å². The van der Waals surface area contributed by atoms with Gasteiger partial charge in [0.1, 0.15) is 0 Å². The Labute approximate surface area is 189 Å². The van der Waals surface area contributed by atoms with Crippen LogP contribution in [0.3, 0.4) is 0 Å². The molecule has 6 nitrogen and oxygen atoms in total. The lowest BCUT2D eigenvalue weighted by atomic mass is 10.1. The normalized spacial score (nSPS) is 11.2. The number of hydrogen-bond acceptors (Lipinski definition) is 6. The molecule has 0 saturated heterocycles. The average Bonchev–Trinajstić information content (AvgIpc) is 3.31. The van der Waals surface area contributed by atoms with Gasteiger partial charge in [-0.3, -0.25) is 9.36 Å². The van der Waals surface area contributed by atoms with Gasteiger partial charge in [-0.05, 0) is 36.8 Å². The van der Waals surface area contributed by atoms with E-state index in [2.05, 4.69) is 10.2 Å². The van der Waals surface area contributed by atoms with E-state index in [1.807, 2.05) is 85.8 Å². The third kappa shape index (κ3) is 4.20. The number of rotatable bonds is 6. The van der Waals surface area contributed by atoms with Crippen LogP contribution in [0.1, 0.15) is 17.0 Å². The Morgan fingerprint density at radius 3 is 2.47 bits per heavy atom. The molecule has 0 saturated carbocycles. The largest absolute Gasteiger partial charge is 0.420 e. The molecule has 0 amide bonds. The summed E-state index contributed by atoms with van der Waals surface area (Å²) < 4.78 is 7.54. The molecule has 0 aliphatic carbocycles. The maximum atomic E-state index is 13.3. The van der Waals surface area contributed by atoms with Crippen LogP contribution in [0.2, 0.25) is 0 Å². The smallest absolute Gasteiger partial charge is 0.262 e. The third-order valence-electron chi connectivity index (χ3n) is 5.10. The Morgan fingerprint density at radius 1 is 0.906 bits per heavy atom. The van der Waals surface area contributed by atoms with E-state index in [-0.39, 0.29) is 5.56 Å². The predicted octanol–water partition coefficient (Wildman–Crippen LogP) is 5.10. The molecule has 7 heteroatoms. The van der Waals surface area contributed by atoms with Gasteiger partial charge in [-0.1, -0.05) is 71.9 Å². The average molecular weight is 441 g/mol. The molecule has 2 aromatic heterocycles. The van der Waals surface area contributed by atoms with Gasteiger partial charge in [0.25, 0.3) is 5.56 Å². The van der Waals surface area contributed by atoms with E-state index in [9.17, 15) is 4.79 Å². The molecule has 0 atom stereocenters. The molecule has 0 N–H and O–H groups in total. The lowest BCUT2D eigenvalue weighted by Crippen LogP contribution is -2.24. The molecule has 158 valence electrons. The van der Waals surface area contributed by atoms with Crippen molar-refractivity contribution in [1.82, 2.24) is 19.7 Å². The molecular formula is C25H20N4O2S. The molecule has 3 aromatic carbocycles. The van der Waals surface area contributed by atoms with Crippen molar-refractivity contribution in [3.05, 3.63) is 106 Å². The van der Waals surface area contributed by atoms with E-state index >= 15 is 0 Å². The highest BCUT2D eigenvalue weighted by Crippen LogP contribution is 2.24. The fourth-order valence-corrected chi connectivity index (χ4v) is 4.24. The summed E-state index contributed by atoms with van der Waals surface area (Å²) in [5.41, 5.74) is 3.71. The summed E-state index contributed by atoms with van der Waals surface area (Å²) in [7, 11) is 0. The summed E-state index contributed by atoms with van der Waals surface area (Å²) in [4.78, 5) is 18.0. The standard InChI is InChI=1S/C25H20N4O2S/c1-17-11-13-18(14-12-17)15-29-24(30)20-9-5-6-10-21(20)26-25(29)32-16-22-27-28-23(31-22)19-7-3-2-4-8-19/h2-14H,15-16H2,1H3. The molecule has 32 heavy (non-hydrogen) atoms. The number of para-hydroxylation sites is 1. The van der Waals surface area contributed by atoms with Crippen LogP contribution in [0.5, 0.6) is 0 Å². The highest BCUT2D eigenvalue weighted by atomic mass is 32.2. The molecule has 0 aliphatic heterocycles. The molecule has 5 aromatic rings. The van der Waals surface area contributed by atoms with Crippen LogP contribution in [0.15, 0.2) is 93.2 Å². The van der Waals surface area contributed by atoms with Gasteiger partial charge in [-0.15, -0.1) is 10.2 Å². The SMILES string of the molecule is Cc1ccc(Cn2c(SCc3nnc(-c4ccccc4)o3)nc3ccccc3c2=O)cc1. The fourth-order valence-electron chi connectivity index (χ4n) is 3.41. The molecule has 0 spiro atoms. The van der Waals surface area contributed by atoms with Crippen LogP contribution in [0.25, 0.3) is 22.4 Å². The van der Waals surface area contributed by atoms with Crippen molar-refractivity contribution in [2.24, 2.45) is 0 Å². The fraction of sp³-hybridized carbons (Fsp3) is 0.120. The summed E-state index contributed by atoms with van der Waals surface area (Å²) >= 11 is 1.42. The van der Waals surface area contributed by atoms with Crippen LogP contribution >= 0.6 is 11.8 Å². The number of aryl methyl sites for hydroxylation is 1. The van der Waals surface area contributed by atoms with Crippen LogP contribution in [-0.2, 0) is 12.3 Å². The Kier molecular flexibility index (Phi) is 5.56. The number of thioether (sulfide) groups is 1. The summed E-state index contributed by atoms with van der Waals surface area (Å²) in [6.07, 6.45) is 0. The van der Waals surface area contributed by atoms with Crippen LogP contribution in [0.4, 0.5) is 0 Å². The topological polar surface area (TPSA) is 73.8 Å². The second kappa shape index (κ2) is 8.80. The van der Waals surface area contributed by atoms with E-state index in [1.54, 1.807) is 4.57 Å². The van der Waals surface area contributed by atoms with Crippen molar-refractivity contribution in [2.75, 3.05) is 0 Å². The Balaban J connectivity index is 1.46. The number of benzene rings is 3. The minimum absolute atomic E-state index is 0.0609. The molecule has 0 radical (unpaired) electrons. The van der Waals surface area contributed by atoms with Gasteiger partial charge < -0.3 is 4.42 Å². The molecule has 0 bridgehead atoms. The van der Waals surface area contributed by atoms with Gasteiger partial charge in [-0.2, -0.15) is 0 Å². The molecule has 5 rings (SSSR count). The first-order valence-corrected chi connectivity index (χ1v) is 11.2. The maximum absolute atomic E-state index is 13.3. The van der Waals surface area contributed by atoms with Gasteiger partial charge in [0, 0.05) is 5.56 Å². The highest BCUT2D eigenvalue weighted by Gasteiger charge is 2.15. The number of hydrogen-bond donors (Lipinski definition) is 0. The van der Waals surface area contributed by atoms with Gasteiger partial charge in [0.2, 0.25) is 11.8 Å². The first kappa shape index (κ1) is 20.2. The summed E-state index contributed by atoms with van der Waals surface area (Å²) in [6.45, 7) is 2.49. The lowest BCUT2D eigenvalue weighted by Gasteiger charge is -2.13. The molecular weight excluding hydrogens is 420 g/mol. The third-order valence-corrected chi connectivity index (χ3v) is 6.06. The second-order valence-corrected chi connectivity index (χ2v) is 8.39. The molecule has 0 unspecified atom stereocenters. The van der Waals surface area contributed by atoms with Crippen LogP contribution in [-0.4, -0.2) is 19.7 Å². The predicted molar refractivity (Wildman–Crippen MR) is 126 cm³/mol. The first-order chi connectivity index (χ1) is 15.7. The number of nitrogens with zero attached hydrogens (tertiary/aromatic N) is 4. The first-order valence-electron chi connectivity index (χ1n) is 10.2. The van der Waals surface area contributed by atoms with Gasteiger partial charge in [0.05, 0.1) is 23.2 Å². The maximum Gasteiger partial charge on any atom is 0.262 e. The van der Waals surface area contributed by atoms with Crippen molar-refractivity contribution < 1.29 is 4.42 Å². The van der Waals surface area contributed by atoms with Crippen molar-refractivity contribution in [1.29, 1.82) is 0 Å². The van der Waals surface area contributed by atoms with Gasteiger partial charge in [-0.25, -0.2) is 4.98 Å². The monoisotopic (exact) mass is 440 g/mol. The van der Waals surface area contributed by atoms with Crippen LogP contribution in [0, 0.1) is 6.92 Å². The van der Waals surface area contributed by atoms with E-state index in [0.717, 1.165) is 11.1 Å². The van der Waals surface area contributed by atoms with Crippen molar-refractivity contribution >= 4 is 22.7 Å². The molecule has 0 fully saturated rings. The zero-order valence-electron chi connectivity index (χ0n) is 17.4. The number of aromatic nitrogens is 4. The second-order valence-electron chi connectivity index (χ2n) is 7.44. The Hall–Kier alpha value is -3.71. The number of fused-ring (bicyclic) bond motifs is 1. The van der Waals surface area contributed by atoms with Gasteiger partial charge >= 0.3 is 0 Å². The summed E-state index contributed by atoms with van der Waals surface area (Å²) in [6, 6.07) is 25.2. The highest BCUT2D eigenvalue weighted by molar-refractivity contribution is 7.98. The van der Waals surface area contributed by atoms with E-state index in [0.29, 0.717) is 40.1 Å². The lowest BCUT2D eigenvalue weighted by molar-refractivity contribution is 0.528. The molecule has 0 aliphatic rings. The quantitative estimate of drug-likeness (QED) is 0.270. The Bertz CT molecular complexity index is 1430. The zero-order valence-corrected chi connectivity index (χ0v) is 18.2. The van der Waals surface area contributed by atoms with E-state index < -0.39 is 0 Å². The summed E-state index contributed by atoms with van der Waals surface area (Å²) in [5.74, 6) is 1.38. The minimum Gasteiger partial charge on any atom is -0.420 e.